The van der Waals surface area contributed by atoms with Crippen LogP contribution in [0.25, 0.3) is 27.6 Å². The number of ketones is 1. The highest BCUT2D eigenvalue weighted by Gasteiger charge is 2.37. The Balaban J connectivity index is 1.25. The van der Waals surface area contributed by atoms with E-state index in [1.54, 1.807) is 23.1 Å². The van der Waals surface area contributed by atoms with Crippen LogP contribution >= 0.6 is 23.1 Å². The molecule has 5 heteroatoms. The second-order valence-corrected chi connectivity index (χ2v) is 11.9. The van der Waals surface area contributed by atoms with Crippen LogP contribution in [0.4, 0.5) is 16.4 Å². The van der Waals surface area contributed by atoms with Gasteiger partial charge in [-0.1, -0.05) is 84.6 Å². The number of hydrogen-bond acceptors (Lipinski definition) is 5. The molecule has 0 saturated heterocycles. The summed E-state index contributed by atoms with van der Waals surface area (Å²) in [6, 6.07) is 37.0. The van der Waals surface area contributed by atoms with E-state index in [-0.39, 0.29) is 5.78 Å². The van der Waals surface area contributed by atoms with Gasteiger partial charge in [-0.15, -0.1) is 11.3 Å². The van der Waals surface area contributed by atoms with Gasteiger partial charge in [0.1, 0.15) is 11.1 Å². The molecule has 39 heavy (non-hydrogen) atoms. The highest BCUT2D eigenvalue weighted by atomic mass is 32.2. The molecule has 3 nitrogen and oxygen atoms in total. The molecule has 6 aromatic rings. The SMILES string of the molecule is O=C1/C(=C/c2ccc(N3c4ccccc4Sc4ccccc43)s2)C(O)c2c1c1ccccc1c1ccccc21. The van der Waals surface area contributed by atoms with Crippen molar-refractivity contribution in [2.45, 2.75) is 15.9 Å². The minimum Gasteiger partial charge on any atom is -0.383 e. The Labute approximate surface area is 233 Å². The Morgan fingerprint density at radius 3 is 1.92 bits per heavy atom. The highest BCUT2D eigenvalue weighted by Crippen LogP contribution is 2.53. The maximum Gasteiger partial charge on any atom is 0.193 e. The first-order valence-corrected chi connectivity index (χ1v) is 14.5. The Kier molecular flexibility index (Phi) is 5.07. The van der Waals surface area contributed by atoms with E-state index in [9.17, 15) is 9.90 Å². The lowest BCUT2D eigenvalue weighted by atomic mass is 9.92. The largest absolute Gasteiger partial charge is 0.383 e. The molecule has 1 aromatic heterocycles. The van der Waals surface area contributed by atoms with Gasteiger partial charge in [-0.05, 0) is 64.0 Å². The molecule has 0 amide bonds. The van der Waals surface area contributed by atoms with Crippen molar-refractivity contribution >= 4 is 72.9 Å². The van der Waals surface area contributed by atoms with Crippen molar-refractivity contribution in [2.75, 3.05) is 4.90 Å². The Morgan fingerprint density at radius 1 is 0.667 bits per heavy atom. The molecule has 8 rings (SSSR count). The minimum absolute atomic E-state index is 0.0977. The number of nitrogens with zero attached hydrogens (tertiary/aromatic N) is 1. The van der Waals surface area contributed by atoms with E-state index in [4.69, 9.17) is 0 Å². The van der Waals surface area contributed by atoms with Gasteiger partial charge >= 0.3 is 0 Å². The van der Waals surface area contributed by atoms with Crippen molar-refractivity contribution in [1.82, 2.24) is 0 Å². The fourth-order valence-corrected chi connectivity index (χ4v) is 7.95. The molecule has 1 atom stereocenters. The number of Topliss-reactive ketones (excluding diaryl/α,β-unsaturated/α-hetero) is 1. The van der Waals surface area contributed by atoms with Crippen molar-refractivity contribution < 1.29 is 9.90 Å². The van der Waals surface area contributed by atoms with Crippen LogP contribution in [0, 0.1) is 0 Å². The van der Waals surface area contributed by atoms with E-state index in [1.807, 2.05) is 48.5 Å². The van der Waals surface area contributed by atoms with Gasteiger partial charge in [-0.2, -0.15) is 0 Å². The number of fused-ring (bicyclic) bond motifs is 8. The zero-order valence-corrected chi connectivity index (χ0v) is 22.3. The van der Waals surface area contributed by atoms with E-state index in [2.05, 4.69) is 71.6 Å². The number of carbonyl (C=O) groups excluding carboxylic acids is 1. The summed E-state index contributed by atoms with van der Waals surface area (Å²) in [7, 11) is 0. The predicted octanol–water partition coefficient (Wildman–Crippen LogP) is 9.30. The summed E-state index contributed by atoms with van der Waals surface area (Å²) in [6.07, 6.45) is 0.904. The van der Waals surface area contributed by atoms with E-state index < -0.39 is 6.10 Å². The van der Waals surface area contributed by atoms with E-state index in [0.29, 0.717) is 16.7 Å². The molecule has 2 heterocycles. The average Bonchev–Trinajstić information content (AvgIpc) is 3.54. The van der Waals surface area contributed by atoms with Gasteiger partial charge in [0, 0.05) is 31.4 Å². The van der Waals surface area contributed by atoms with Crippen molar-refractivity contribution in [3.8, 4) is 0 Å². The van der Waals surface area contributed by atoms with Gasteiger partial charge in [0.25, 0.3) is 0 Å². The number of aliphatic hydroxyl groups is 1. The lowest BCUT2D eigenvalue weighted by Gasteiger charge is -2.31. The first-order chi connectivity index (χ1) is 19.2. The summed E-state index contributed by atoms with van der Waals surface area (Å²) in [5, 5.41) is 16.5. The zero-order valence-electron chi connectivity index (χ0n) is 20.7. The Bertz CT molecular complexity index is 1960. The van der Waals surface area contributed by atoms with Crippen molar-refractivity contribution in [2.24, 2.45) is 0 Å². The third-order valence-electron chi connectivity index (χ3n) is 7.59. The molecule has 0 bridgehead atoms. The van der Waals surface area contributed by atoms with Crippen molar-refractivity contribution in [1.29, 1.82) is 0 Å². The third kappa shape index (κ3) is 3.37. The summed E-state index contributed by atoms with van der Waals surface area (Å²) in [5.74, 6) is -0.0977. The van der Waals surface area contributed by atoms with Gasteiger partial charge in [-0.3, -0.25) is 9.69 Å². The first-order valence-electron chi connectivity index (χ1n) is 12.8. The quantitative estimate of drug-likeness (QED) is 0.176. The summed E-state index contributed by atoms with van der Waals surface area (Å²) in [6.45, 7) is 0. The predicted molar refractivity (Wildman–Crippen MR) is 162 cm³/mol. The van der Waals surface area contributed by atoms with E-state index >= 15 is 0 Å². The topological polar surface area (TPSA) is 40.5 Å². The number of benzene rings is 5. The summed E-state index contributed by atoms with van der Waals surface area (Å²) in [5.41, 5.74) is 4.05. The Hall–Kier alpha value is -4.16. The van der Waals surface area contributed by atoms with Crippen LogP contribution < -0.4 is 4.90 Å². The number of hydrogen-bond donors (Lipinski definition) is 1. The summed E-state index contributed by atoms with van der Waals surface area (Å²) in [4.78, 5) is 19.5. The van der Waals surface area contributed by atoms with E-state index in [1.165, 1.54) is 9.79 Å². The molecular weight excluding hydrogens is 519 g/mol. The molecule has 1 unspecified atom stereocenters. The monoisotopic (exact) mass is 539 g/mol. The van der Waals surface area contributed by atoms with Crippen LogP contribution in [0.3, 0.4) is 0 Å². The van der Waals surface area contributed by atoms with Gasteiger partial charge in [0.05, 0.1) is 11.4 Å². The second kappa shape index (κ2) is 8.68. The molecule has 1 aliphatic carbocycles. The molecule has 5 aromatic carbocycles. The smallest absolute Gasteiger partial charge is 0.193 e. The molecule has 1 N–H and O–H groups in total. The zero-order chi connectivity index (χ0) is 26.1. The van der Waals surface area contributed by atoms with Crippen molar-refractivity contribution in [3.05, 3.63) is 131 Å². The fourth-order valence-electron chi connectivity index (χ4n) is 5.90. The van der Waals surface area contributed by atoms with E-state index in [0.717, 1.165) is 42.8 Å². The molecule has 2 aliphatic rings. The second-order valence-electron chi connectivity index (χ2n) is 9.76. The van der Waals surface area contributed by atoms with Gasteiger partial charge < -0.3 is 5.11 Å². The molecule has 186 valence electrons. The summed E-state index contributed by atoms with van der Waals surface area (Å²) >= 11 is 3.40. The lowest BCUT2D eigenvalue weighted by Crippen LogP contribution is -2.13. The number of thiophene rings is 1. The molecule has 0 spiro atoms. The Morgan fingerprint density at radius 2 is 1.23 bits per heavy atom. The number of aliphatic hydroxyl groups excluding tert-OH is 1. The summed E-state index contributed by atoms with van der Waals surface area (Å²) < 4.78 is 0. The van der Waals surface area contributed by atoms with Gasteiger partial charge in [0.2, 0.25) is 0 Å². The standard InChI is InChI=1S/C34H21NO2S2/c36-33-25(34(37)32-24-12-4-2-10-22(24)21-9-1-3-11-23(21)31(32)33)19-20-17-18-30(38-20)35-26-13-5-7-15-28(26)39-29-16-8-6-14-27(29)35/h1-19,33,36H/b25-19+. The van der Waals surface area contributed by atoms with Crippen LogP contribution in [0.2, 0.25) is 0 Å². The average molecular weight is 540 g/mol. The first kappa shape index (κ1) is 22.8. The maximum atomic E-state index is 13.9. The van der Waals surface area contributed by atoms with Crippen LogP contribution in [0.5, 0.6) is 0 Å². The minimum atomic E-state index is -0.972. The van der Waals surface area contributed by atoms with Crippen LogP contribution in [0.1, 0.15) is 26.9 Å². The maximum absolute atomic E-state index is 13.9. The normalized spacial score (nSPS) is 17.1. The molecule has 0 radical (unpaired) electrons. The number of anilines is 3. The van der Waals surface area contributed by atoms with Gasteiger partial charge in [-0.25, -0.2) is 0 Å². The highest BCUT2D eigenvalue weighted by molar-refractivity contribution is 7.99. The molecule has 1 aliphatic heterocycles. The number of rotatable bonds is 2. The van der Waals surface area contributed by atoms with Crippen LogP contribution in [0.15, 0.2) is 125 Å². The number of carbonyl (C=O) groups is 1. The lowest BCUT2D eigenvalue weighted by molar-refractivity contribution is 0.102. The van der Waals surface area contributed by atoms with Gasteiger partial charge in [0.15, 0.2) is 5.78 Å². The fraction of sp³-hybridized carbons (Fsp3) is 0.0294. The van der Waals surface area contributed by atoms with Crippen molar-refractivity contribution in [3.63, 3.8) is 0 Å². The molecule has 0 fully saturated rings. The van der Waals surface area contributed by atoms with Crippen LogP contribution in [-0.2, 0) is 0 Å². The molecule has 0 saturated carbocycles. The van der Waals surface area contributed by atoms with Crippen LogP contribution in [-0.4, -0.2) is 10.9 Å². The molecular formula is C34H21NO2S2. The number of para-hydroxylation sites is 2. The third-order valence-corrected chi connectivity index (χ3v) is 9.74.